The Hall–Kier alpha value is -6.13. The van der Waals surface area contributed by atoms with Gasteiger partial charge < -0.3 is 9.13 Å². The average molecular weight is 581 g/mol. The summed E-state index contributed by atoms with van der Waals surface area (Å²) in [6, 6.07) is 38.8. The highest BCUT2D eigenvalue weighted by atomic mass is 15.1. The first kappa shape index (κ1) is 19.2. The van der Waals surface area contributed by atoms with Crippen molar-refractivity contribution in [2.24, 2.45) is 0 Å². The Labute approximate surface area is 267 Å². The van der Waals surface area contributed by atoms with E-state index >= 15 is 0 Å². The van der Waals surface area contributed by atoms with Crippen LogP contribution in [0.2, 0.25) is 0 Å². The third-order valence-electron chi connectivity index (χ3n) is 8.83. The third-order valence-corrected chi connectivity index (χ3v) is 8.83. The van der Waals surface area contributed by atoms with Crippen molar-refractivity contribution in [3.8, 4) is 17.2 Å². The fraction of sp³-hybridized carbons (Fsp3) is 0. The van der Waals surface area contributed by atoms with Gasteiger partial charge in [0.05, 0.1) is 41.3 Å². The van der Waals surface area contributed by atoms with Gasteiger partial charge in [-0.25, -0.2) is 4.98 Å². The molecule has 6 aromatic carbocycles. The van der Waals surface area contributed by atoms with Gasteiger partial charge in [-0.05, 0) is 54.6 Å². The van der Waals surface area contributed by atoms with Crippen LogP contribution >= 0.6 is 0 Å². The molecule has 0 saturated heterocycles. The van der Waals surface area contributed by atoms with Crippen LogP contribution in [0.15, 0.2) is 158 Å². The smallest absolute Gasteiger partial charge is 0.139 e. The summed E-state index contributed by atoms with van der Waals surface area (Å²) in [5, 5.41) is 4.31. The topological polar surface area (TPSA) is 27.7 Å². The van der Waals surface area contributed by atoms with E-state index in [9.17, 15) is 2.74 Å². The minimum Gasteiger partial charge on any atom is -0.309 e. The maximum atomic E-state index is 9.84. The van der Waals surface area contributed by atoms with E-state index in [1.54, 1.807) is 4.57 Å². The van der Waals surface area contributed by atoms with E-state index in [4.69, 9.17) is 10.5 Å². The Kier molecular flexibility index (Phi) is 3.92. The molecule has 210 valence electrons. The van der Waals surface area contributed by atoms with Gasteiger partial charge in [-0.3, -0.25) is 4.57 Å². The van der Waals surface area contributed by atoms with E-state index in [0.29, 0.717) is 11.2 Å². The molecule has 4 heteroatoms. The van der Waals surface area contributed by atoms with Crippen molar-refractivity contribution in [2.75, 3.05) is 0 Å². The molecule has 4 heterocycles. The summed E-state index contributed by atoms with van der Waals surface area (Å²) in [5.74, 6) is 0.242. The molecule has 0 aliphatic rings. The first-order valence-electron chi connectivity index (χ1n) is 17.8. The van der Waals surface area contributed by atoms with Crippen molar-refractivity contribution >= 4 is 65.4 Å². The molecule has 0 saturated carbocycles. The summed E-state index contributed by atoms with van der Waals surface area (Å²) in [6.07, 6.45) is -0.173. The molecule has 0 bridgehead atoms. The van der Waals surface area contributed by atoms with Gasteiger partial charge in [0.1, 0.15) is 5.82 Å². The number of benzene rings is 6. The van der Waals surface area contributed by atoms with Crippen LogP contribution in [-0.2, 0) is 0 Å². The number of aromatic nitrogens is 4. The van der Waals surface area contributed by atoms with Gasteiger partial charge in [0.15, 0.2) is 0 Å². The highest BCUT2D eigenvalue weighted by molar-refractivity contribution is 6.13. The van der Waals surface area contributed by atoms with Gasteiger partial charge >= 0.3 is 0 Å². The molecule has 0 spiro atoms. The van der Waals surface area contributed by atoms with Crippen LogP contribution in [0, 0.1) is 0 Å². The summed E-state index contributed by atoms with van der Waals surface area (Å²) in [5.41, 5.74) is 5.76. The molecule has 0 N–H and O–H groups in total. The summed E-state index contributed by atoms with van der Waals surface area (Å²) >= 11 is 0. The number of fused-ring (bicyclic) bond motifs is 9. The predicted octanol–water partition coefficient (Wildman–Crippen LogP) is 10.4. The SMILES string of the molecule is [2H]c1c([2H])c([2H])c2c(c1[2H])c1c([2H])nc(-n3c4ccccc4c4ccccc43)c([2H])c1n2-c1ccc2c(c1)c1ccccc1n2-c1ccccc1. The number of nitrogens with zero attached hydrogens (tertiary/aromatic N) is 4. The second-order valence-electron chi connectivity index (χ2n) is 11.2. The molecule has 0 fully saturated rings. The molecular weight excluding hydrogens is 548 g/mol. The number of rotatable bonds is 3. The Morgan fingerprint density at radius 2 is 1.00 bits per heavy atom. The Morgan fingerprint density at radius 1 is 0.422 bits per heavy atom. The van der Waals surface area contributed by atoms with Crippen molar-refractivity contribution in [3.05, 3.63) is 158 Å². The van der Waals surface area contributed by atoms with Crippen molar-refractivity contribution in [3.63, 3.8) is 0 Å². The van der Waals surface area contributed by atoms with Crippen LogP contribution < -0.4 is 0 Å². The quantitative estimate of drug-likeness (QED) is 0.204. The highest BCUT2D eigenvalue weighted by Crippen LogP contribution is 2.38. The third kappa shape index (κ3) is 3.39. The van der Waals surface area contributed by atoms with Gasteiger partial charge in [-0.15, -0.1) is 0 Å². The number of hydrogen-bond donors (Lipinski definition) is 0. The predicted molar refractivity (Wildman–Crippen MR) is 187 cm³/mol. The maximum absolute atomic E-state index is 9.84. The Morgan fingerprint density at radius 3 is 1.73 bits per heavy atom. The zero-order valence-electron chi connectivity index (χ0n) is 29.8. The zero-order valence-corrected chi connectivity index (χ0v) is 23.8. The van der Waals surface area contributed by atoms with Gasteiger partial charge in [0, 0.05) is 55.9 Å². The molecule has 45 heavy (non-hydrogen) atoms. The monoisotopic (exact) mass is 580 g/mol. The first-order chi connectivity index (χ1) is 24.8. The number of para-hydroxylation sites is 5. The fourth-order valence-electron chi connectivity index (χ4n) is 6.94. The van der Waals surface area contributed by atoms with E-state index < -0.39 is 6.04 Å². The largest absolute Gasteiger partial charge is 0.309 e. The molecule has 0 atom stereocenters. The van der Waals surface area contributed by atoms with Crippen molar-refractivity contribution in [1.29, 1.82) is 0 Å². The van der Waals surface area contributed by atoms with Crippen LogP contribution in [0.3, 0.4) is 0 Å². The van der Waals surface area contributed by atoms with E-state index in [2.05, 4.69) is 28.8 Å². The van der Waals surface area contributed by atoms with Gasteiger partial charge in [0.25, 0.3) is 0 Å². The van der Waals surface area contributed by atoms with Gasteiger partial charge in [0.2, 0.25) is 0 Å². The lowest BCUT2D eigenvalue weighted by molar-refractivity contribution is 1.08. The van der Waals surface area contributed by atoms with Crippen LogP contribution in [0.4, 0.5) is 0 Å². The number of hydrogen-bond acceptors (Lipinski definition) is 1. The summed E-state index contributed by atoms with van der Waals surface area (Å²) in [6.45, 7) is 0. The van der Waals surface area contributed by atoms with Crippen LogP contribution in [-0.4, -0.2) is 18.7 Å². The molecule has 0 aliphatic carbocycles. The van der Waals surface area contributed by atoms with E-state index in [0.717, 1.165) is 49.3 Å². The van der Waals surface area contributed by atoms with E-state index in [1.807, 2.05) is 102 Å². The van der Waals surface area contributed by atoms with Crippen molar-refractivity contribution in [1.82, 2.24) is 18.7 Å². The Bertz CT molecular complexity index is 3050. The Balaban J connectivity index is 1.38. The van der Waals surface area contributed by atoms with E-state index in [-0.39, 0.29) is 52.4 Å². The molecule has 0 amide bonds. The molecular formula is C41H26N4. The lowest BCUT2D eigenvalue weighted by Crippen LogP contribution is -1.99. The van der Waals surface area contributed by atoms with Crippen molar-refractivity contribution in [2.45, 2.75) is 0 Å². The first-order valence-corrected chi connectivity index (χ1v) is 14.8. The van der Waals surface area contributed by atoms with Crippen LogP contribution in [0.1, 0.15) is 8.22 Å². The minimum atomic E-state index is -0.398. The lowest BCUT2D eigenvalue weighted by atomic mass is 10.1. The van der Waals surface area contributed by atoms with Crippen molar-refractivity contribution < 1.29 is 8.22 Å². The molecule has 10 aromatic rings. The molecule has 4 aromatic heterocycles. The molecule has 4 nitrogen and oxygen atoms in total. The highest BCUT2D eigenvalue weighted by Gasteiger charge is 2.19. The summed E-state index contributed by atoms with van der Waals surface area (Å²) in [7, 11) is 0. The molecule has 0 radical (unpaired) electrons. The summed E-state index contributed by atoms with van der Waals surface area (Å²) in [4.78, 5) is 4.72. The number of pyridine rings is 1. The molecule has 10 rings (SSSR count). The second kappa shape index (κ2) is 9.18. The van der Waals surface area contributed by atoms with Crippen LogP contribution in [0.5, 0.6) is 0 Å². The second-order valence-corrected chi connectivity index (χ2v) is 11.2. The maximum Gasteiger partial charge on any atom is 0.139 e. The van der Waals surface area contributed by atoms with Gasteiger partial charge in [-0.2, -0.15) is 0 Å². The fourth-order valence-corrected chi connectivity index (χ4v) is 6.94. The van der Waals surface area contributed by atoms with Gasteiger partial charge in [-0.1, -0.05) is 90.9 Å². The minimum absolute atomic E-state index is 0.00683. The standard InChI is InChI=1S/C41H26N4/c1-2-12-27(13-3-1)43-35-18-8-6-16-31(35)33-24-28(22-23-39(33)43)44-36-19-9-7-17-32(36)34-26-42-41(25-40(34)44)45-37-20-10-4-14-29(37)30-15-5-11-21-38(30)45/h1-26H/i7D,9D,17D,19D,25D,26D. The summed E-state index contributed by atoms with van der Waals surface area (Å²) < 4.78 is 60.4. The molecule has 0 aliphatic heterocycles. The zero-order chi connectivity index (χ0) is 34.7. The van der Waals surface area contributed by atoms with E-state index in [1.165, 1.54) is 0 Å². The molecule has 0 unspecified atom stereocenters. The average Bonchev–Trinajstić information content (AvgIpc) is 3.81. The lowest BCUT2D eigenvalue weighted by Gasteiger charge is -2.11. The normalized spacial score (nSPS) is 13.9. The van der Waals surface area contributed by atoms with Crippen LogP contribution in [0.25, 0.3) is 82.6 Å².